The molecule has 0 spiro atoms. The first-order valence-electron chi connectivity index (χ1n) is 15.0. The zero-order chi connectivity index (χ0) is 28.9. The molecular weight excluding hydrogens is 518 g/mol. The highest BCUT2D eigenvalue weighted by Gasteiger charge is 2.15. The van der Waals surface area contributed by atoms with Crippen LogP contribution in [-0.2, 0) is 0 Å². The minimum atomic E-state index is 1.18. The first-order chi connectivity index (χ1) is 21.2. The minimum Gasteiger partial charge on any atom is -0.309 e. The molecule has 0 unspecified atom stereocenters. The van der Waals surface area contributed by atoms with E-state index in [0.29, 0.717) is 0 Å². The number of rotatable bonds is 4. The van der Waals surface area contributed by atoms with Crippen LogP contribution >= 0.6 is 0 Å². The lowest BCUT2D eigenvalue weighted by Gasteiger charge is -2.15. The second-order valence-corrected chi connectivity index (χ2v) is 11.5. The van der Waals surface area contributed by atoms with Crippen molar-refractivity contribution in [2.75, 3.05) is 0 Å². The van der Waals surface area contributed by atoms with Gasteiger partial charge in [-0.2, -0.15) is 0 Å². The Labute approximate surface area is 252 Å². The molecule has 0 saturated heterocycles. The Hall–Kier alpha value is -5.40. The van der Waals surface area contributed by atoms with Crippen LogP contribution in [0.2, 0.25) is 0 Å². The predicted octanol–water partition coefficient (Wildman–Crippen LogP) is 11.6. The van der Waals surface area contributed by atoms with Crippen molar-refractivity contribution in [1.82, 2.24) is 4.57 Å². The number of aromatic nitrogens is 1. The van der Waals surface area contributed by atoms with Crippen LogP contribution in [0.1, 0.15) is 11.1 Å². The topological polar surface area (TPSA) is 4.93 Å². The summed E-state index contributed by atoms with van der Waals surface area (Å²) in [6.45, 7) is 4.40. The van der Waals surface area contributed by atoms with Gasteiger partial charge in [-0.25, -0.2) is 0 Å². The number of nitrogens with zero attached hydrogens (tertiary/aromatic N) is 1. The van der Waals surface area contributed by atoms with E-state index in [4.69, 9.17) is 0 Å². The molecule has 1 aromatic heterocycles. The van der Waals surface area contributed by atoms with E-state index in [1.54, 1.807) is 0 Å². The van der Waals surface area contributed by atoms with Crippen molar-refractivity contribution < 1.29 is 0 Å². The fraction of sp³-hybridized carbons (Fsp3) is 0.0476. The highest BCUT2D eigenvalue weighted by molar-refractivity contribution is 6.12. The summed E-state index contributed by atoms with van der Waals surface area (Å²) < 4.78 is 2.37. The number of para-hydroxylation sites is 2. The number of benzene rings is 7. The summed E-state index contributed by atoms with van der Waals surface area (Å²) in [4.78, 5) is 0. The van der Waals surface area contributed by atoms with Crippen LogP contribution in [-0.4, -0.2) is 4.57 Å². The molecule has 0 aliphatic carbocycles. The number of aryl methyl sites for hydroxylation is 2. The molecule has 0 saturated carbocycles. The summed E-state index contributed by atoms with van der Waals surface area (Å²) in [5.74, 6) is 0. The molecule has 0 aliphatic heterocycles. The van der Waals surface area contributed by atoms with Gasteiger partial charge in [-0.3, -0.25) is 0 Å². The second kappa shape index (κ2) is 10.2. The molecule has 0 N–H and O–H groups in total. The van der Waals surface area contributed by atoms with Gasteiger partial charge in [-0.1, -0.05) is 115 Å². The lowest BCUT2D eigenvalue weighted by molar-refractivity contribution is 1.18. The van der Waals surface area contributed by atoms with Gasteiger partial charge in [0.25, 0.3) is 0 Å². The van der Waals surface area contributed by atoms with E-state index in [2.05, 4.69) is 170 Å². The monoisotopic (exact) mass is 549 g/mol. The third-order valence-electron chi connectivity index (χ3n) is 8.91. The molecule has 8 rings (SSSR count). The van der Waals surface area contributed by atoms with Gasteiger partial charge in [0.05, 0.1) is 11.0 Å². The highest BCUT2D eigenvalue weighted by atomic mass is 15.0. The Balaban J connectivity index is 1.31. The molecule has 0 amide bonds. The van der Waals surface area contributed by atoms with E-state index in [9.17, 15) is 0 Å². The van der Waals surface area contributed by atoms with Crippen LogP contribution < -0.4 is 0 Å². The lowest BCUT2D eigenvalue weighted by Crippen LogP contribution is -1.93. The molecule has 204 valence electrons. The Bertz CT molecular complexity index is 2300. The summed E-state index contributed by atoms with van der Waals surface area (Å²) in [6.07, 6.45) is 0. The largest absolute Gasteiger partial charge is 0.309 e. The Morgan fingerprint density at radius 1 is 0.349 bits per heavy atom. The molecule has 0 aliphatic rings. The summed E-state index contributed by atoms with van der Waals surface area (Å²) >= 11 is 0. The molecule has 0 bridgehead atoms. The summed E-state index contributed by atoms with van der Waals surface area (Å²) in [7, 11) is 0. The zero-order valence-corrected chi connectivity index (χ0v) is 24.4. The van der Waals surface area contributed by atoms with Gasteiger partial charge in [0.1, 0.15) is 0 Å². The second-order valence-electron chi connectivity index (χ2n) is 11.5. The van der Waals surface area contributed by atoms with Gasteiger partial charge < -0.3 is 4.57 Å². The summed E-state index contributed by atoms with van der Waals surface area (Å²) in [5.41, 5.74) is 13.8. The van der Waals surface area contributed by atoms with Crippen molar-refractivity contribution in [3.63, 3.8) is 0 Å². The predicted molar refractivity (Wildman–Crippen MR) is 184 cm³/mol. The Kier molecular flexibility index (Phi) is 5.98. The smallest absolute Gasteiger partial charge is 0.0541 e. The molecule has 0 radical (unpaired) electrons. The normalized spacial score (nSPS) is 11.5. The summed E-state index contributed by atoms with van der Waals surface area (Å²) in [5, 5.41) is 5.08. The van der Waals surface area contributed by atoms with Crippen molar-refractivity contribution >= 4 is 32.6 Å². The molecule has 1 heterocycles. The molecular formula is C42H31N. The van der Waals surface area contributed by atoms with Crippen molar-refractivity contribution in [1.29, 1.82) is 0 Å². The van der Waals surface area contributed by atoms with Crippen molar-refractivity contribution in [2.24, 2.45) is 0 Å². The average molecular weight is 550 g/mol. The van der Waals surface area contributed by atoms with Gasteiger partial charge in [-0.05, 0) is 106 Å². The van der Waals surface area contributed by atoms with Crippen molar-refractivity contribution in [3.05, 3.63) is 163 Å². The molecule has 43 heavy (non-hydrogen) atoms. The maximum atomic E-state index is 2.38. The van der Waals surface area contributed by atoms with E-state index in [-0.39, 0.29) is 0 Å². The third-order valence-corrected chi connectivity index (χ3v) is 8.91. The van der Waals surface area contributed by atoms with E-state index in [1.807, 2.05) is 0 Å². The molecule has 8 aromatic rings. The fourth-order valence-corrected chi connectivity index (χ4v) is 6.75. The zero-order valence-electron chi connectivity index (χ0n) is 24.4. The van der Waals surface area contributed by atoms with E-state index in [0.717, 1.165) is 0 Å². The van der Waals surface area contributed by atoms with E-state index < -0.39 is 0 Å². The summed E-state index contributed by atoms with van der Waals surface area (Å²) in [6, 6.07) is 55.3. The molecule has 0 atom stereocenters. The van der Waals surface area contributed by atoms with Crippen molar-refractivity contribution in [2.45, 2.75) is 13.8 Å². The van der Waals surface area contributed by atoms with Crippen LogP contribution in [0.15, 0.2) is 152 Å². The average Bonchev–Trinajstić information content (AvgIpc) is 3.39. The number of hydrogen-bond donors (Lipinski definition) is 0. The van der Waals surface area contributed by atoms with E-state index in [1.165, 1.54) is 82.8 Å². The fourth-order valence-electron chi connectivity index (χ4n) is 6.75. The van der Waals surface area contributed by atoms with Gasteiger partial charge in [0, 0.05) is 16.5 Å². The van der Waals surface area contributed by atoms with Crippen LogP contribution in [0.5, 0.6) is 0 Å². The number of hydrogen-bond acceptors (Lipinski definition) is 0. The van der Waals surface area contributed by atoms with E-state index >= 15 is 0 Å². The first-order valence-corrected chi connectivity index (χ1v) is 15.0. The van der Waals surface area contributed by atoms with Crippen LogP contribution in [0, 0.1) is 13.8 Å². The standard InChI is InChI=1S/C42H31N/c1-28-12-6-7-15-33(28)39-26-30(21-20-29(39)2)34-23-24-35(37-17-9-8-16-36(34)37)31-22-25-42-40(27-31)38-18-10-11-19-41(38)43(42)32-13-4-3-5-14-32/h3-27H,1-2H3. The van der Waals surface area contributed by atoms with Gasteiger partial charge >= 0.3 is 0 Å². The van der Waals surface area contributed by atoms with Crippen LogP contribution in [0.3, 0.4) is 0 Å². The third kappa shape index (κ3) is 4.16. The molecule has 1 heteroatoms. The maximum Gasteiger partial charge on any atom is 0.0541 e. The van der Waals surface area contributed by atoms with Gasteiger partial charge in [-0.15, -0.1) is 0 Å². The quantitative estimate of drug-likeness (QED) is 0.206. The lowest BCUT2D eigenvalue weighted by atomic mass is 9.89. The first kappa shape index (κ1) is 25.3. The Morgan fingerprint density at radius 2 is 0.907 bits per heavy atom. The molecule has 7 aromatic carbocycles. The number of fused-ring (bicyclic) bond motifs is 4. The van der Waals surface area contributed by atoms with Crippen molar-refractivity contribution in [3.8, 4) is 39.1 Å². The van der Waals surface area contributed by atoms with Crippen LogP contribution in [0.25, 0.3) is 71.6 Å². The highest BCUT2D eigenvalue weighted by Crippen LogP contribution is 2.40. The SMILES string of the molecule is Cc1ccccc1-c1cc(-c2ccc(-c3ccc4c(c3)c3ccccc3n4-c3ccccc3)c3ccccc23)ccc1C. The molecule has 0 fully saturated rings. The minimum absolute atomic E-state index is 1.18. The van der Waals surface area contributed by atoms with Crippen LogP contribution in [0.4, 0.5) is 0 Å². The van der Waals surface area contributed by atoms with Gasteiger partial charge in [0.2, 0.25) is 0 Å². The Morgan fingerprint density at radius 3 is 1.65 bits per heavy atom. The molecule has 1 nitrogen and oxygen atoms in total. The van der Waals surface area contributed by atoms with Gasteiger partial charge in [0.15, 0.2) is 0 Å². The maximum absolute atomic E-state index is 2.38.